The van der Waals surface area contributed by atoms with E-state index in [0.717, 1.165) is 21.9 Å². The topological polar surface area (TPSA) is 30.4 Å². The lowest BCUT2D eigenvalue weighted by atomic mass is 10.1. The summed E-state index contributed by atoms with van der Waals surface area (Å²) in [4.78, 5) is 5.83. The van der Waals surface area contributed by atoms with Crippen molar-refractivity contribution in [1.82, 2.24) is 4.57 Å². The Morgan fingerprint density at radius 1 is 0.923 bits per heavy atom. The fourth-order valence-electron chi connectivity index (χ4n) is 2.81. The van der Waals surface area contributed by atoms with Gasteiger partial charge in [-0.1, -0.05) is 47.5 Å². The van der Waals surface area contributed by atoms with Crippen LogP contribution in [0, 0.1) is 13.8 Å². The third kappa shape index (κ3) is 3.55. The van der Waals surface area contributed by atoms with Gasteiger partial charge in [-0.2, -0.15) is 0 Å². The summed E-state index contributed by atoms with van der Waals surface area (Å²) in [5.41, 5.74) is 5.78. The molecule has 4 heteroatoms. The smallest absolute Gasteiger partial charge is 0.190 e. The maximum absolute atomic E-state index is 5.58. The molecule has 0 radical (unpaired) electrons. The number of aryl methyl sites for hydroxylation is 2. The fourth-order valence-corrected chi connectivity index (χ4v) is 3.74. The van der Waals surface area contributed by atoms with Gasteiger partial charge in [-0.15, -0.1) is 11.3 Å². The fraction of sp³-hybridized carbons (Fsp3) is 0.136. The van der Waals surface area contributed by atoms with Crippen LogP contribution in [0.1, 0.15) is 16.9 Å². The Balaban J connectivity index is 1.83. The number of furan rings is 1. The molecule has 0 unspecified atom stereocenters. The summed E-state index contributed by atoms with van der Waals surface area (Å²) in [7, 11) is 0. The van der Waals surface area contributed by atoms with Crippen LogP contribution in [0.15, 0.2) is 81.7 Å². The average Bonchev–Trinajstić information content (AvgIpc) is 3.29. The number of hydrogen-bond donors (Lipinski definition) is 0. The Morgan fingerprint density at radius 3 is 2.27 bits per heavy atom. The number of hydrogen-bond acceptors (Lipinski definition) is 3. The highest BCUT2D eigenvalue weighted by Crippen LogP contribution is 2.22. The van der Waals surface area contributed by atoms with Crippen LogP contribution >= 0.6 is 11.3 Å². The van der Waals surface area contributed by atoms with E-state index in [1.165, 1.54) is 16.7 Å². The summed E-state index contributed by atoms with van der Waals surface area (Å²) in [6.45, 7) is 4.85. The van der Waals surface area contributed by atoms with E-state index in [0.29, 0.717) is 6.54 Å². The van der Waals surface area contributed by atoms with E-state index < -0.39 is 0 Å². The van der Waals surface area contributed by atoms with E-state index in [1.54, 1.807) is 17.6 Å². The summed E-state index contributed by atoms with van der Waals surface area (Å²) >= 11 is 1.65. The molecular weight excluding hydrogens is 340 g/mol. The van der Waals surface area contributed by atoms with Crippen molar-refractivity contribution in [2.45, 2.75) is 20.4 Å². The highest BCUT2D eigenvalue weighted by atomic mass is 32.1. The molecule has 2 aromatic heterocycles. The minimum atomic E-state index is 0.657. The van der Waals surface area contributed by atoms with Gasteiger partial charge in [-0.05, 0) is 43.7 Å². The van der Waals surface area contributed by atoms with Crippen LogP contribution in [0.3, 0.4) is 0 Å². The lowest BCUT2D eigenvalue weighted by Crippen LogP contribution is -2.16. The summed E-state index contributed by atoms with van der Waals surface area (Å²) in [5, 5.41) is 2.17. The van der Waals surface area contributed by atoms with Crippen molar-refractivity contribution in [3.63, 3.8) is 0 Å². The second kappa shape index (κ2) is 7.18. The van der Waals surface area contributed by atoms with Crippen LogP contribution < -0.4 is 4.80 Å². The Labute approximate surface area is 156 Å². The Hall–Kier alpha value is -2.85. The first kappa shape index (κ1) is 16.6. The molecule has 0 aliphatic rings. The maximum atomic E-state index is 5.58. The van der Waals surface area contributed by atoms with Crippen molar-refractivity contribution in [2.24, 2.45) is 4.99 Å². The third-order valence-electron chi connectivity index (χ3n) is 4.30. The molecule has 3 nitrogen and oxygen atoms in total. The molecule has 0 saturated heterocycles. The van der Waals surface area contributed by atoms with E-state index in [2.05, 4.69) is 72.3 Å². The molecule has 0 aliphatic heterocycles. The van der Waals surface area contributed by atoms with Gasteiger partial charge in [0, 0.05) is 5.38 Å². The maximum Gasteiger partial charge on any atom is 0.190 e. The molecule has 0 spiro atoms. The number of aromatic nitrogens is 1. The predicted molar refractivity (Wildman–Crippen MR) is 107 cm³/mol. The molecular formula is C22H20N2OS. The molecule has 2 aromatic carbocycles. The van der Waals surface area contributed by atoms with Gasteiger partial charge in [0.15, 0.2) is 4.80 Å². The van der Waals surface area contributed by atoms with Gasteiger partial charge in [0.05, 0.1) is 24.2 Å². The second-order valence-corrected chi connectivity index (χ2v) is 7.22. The van der Waals surface area contributed by atoms with E-state index >= 15 is 0 Å². The van der Waals surface area contributed by atoms with Crippen LogP contribution in [0.2, 0.25) is 0 Å². The van der Waals surface area contributed by atoms with Gasteiger partial charge < -0.3 is 8.98 Å². The molecule has 0 fully saturated rings. The summed E-state index contributed by atoms with van der Waals surface area (Å²) < 4.78 is 7.80. The van der Waals surface area contributed by atoms with Gasteiger partial charge in [0.25, 0.3) is 0 Å². The van der Waals surface area contributed by atoms with Gasteiger partial charge in [0.1, 0.15) is 5.76 Å². The second-order valence-electron chi connectivity index (χ2n) is 6.38. The number of nitrogens with zero attached hydrogens (tertiary/aromatic N) is 2. The van der Waals surface area contributed by atoms with Crippen LogP contribution in [0.25, 0.3) is 11.3 Å². The van der Waals surface area contributed by atoms with E-state index in [-0.39, 0.29) is 0 Å². The average molecular weight is 360 g/mol. The quantitative estimate of drug-likeness (QED) is 0.459. The SMILES string of the molecule is Cc1ccc(N=c2scc(-c3ccc(C)cc3)n2Cc2ccco2)cc1. The van der Waals surface area contributed by atoms with Crippen molar-refractivity contribution in [3.8, 4) is 11.3 Å². The standard InChI is InChI=1S/C22H20N2OS/c1-16-5-9-18(10-6-16)21-15-26-22(23-19-11-7-17(2)8-12-19)24(21)14-20-4-3-13-25-20/h3-13,15H,14H2,1-2H3. The molecule has 0 atom stereocenters. The minimum Gasteiger partial charge on any atom is -0.467 e. The zero-order valence-electron chi connectivity index (χ0n) is 14.8. The first-order valence-corrected chi connectivity index (χ1v) is 9.46. The zero-order valence-corrected chi connectivity index (χ0v) is 15.7. The lowest BCUT2D eigenvalue weighted by molar-refractivity contribution is 0.492. The van der Waals surface area contributed by atoms with Crippen LogP contribution in [-0.2, 0) is 6.54 Å². The minimum absolute atomic E-state index is 0.657. The Morgan fingerprint density at radius 2 is 1.62 bits per heavy atom. The van der Waals surface area contributed by atoms with Gasteiger partial charge in [0.2, 0.25) is 0 Å². The Bertz CT molecular complexity index is 1050. The third-order valence-corrected chi connectivity index (χ3v) is 5.16. The first-order chi connectivity index (χ1) is 12.7. The predicted octanol–water partition coefficient (Wildman–Crippen LogP) is 5.71. The molecule has 0 amide bonds. The highest BCUT2D eigenvalue weighted by Gasteiger charge is 2.10. The first-order valence-electron chi connectivity index (χ1n) is 8.58. The van der Waals surface area contributed by atoms with E-state index in [1.807, 2.05) is 12.1 Å². The molecule has 0 N–H and O–H groups in total. The van der Waals surface area contributed by atoms with E-state index in [4.69, 9.17) is 9.41 Å². The summed E-state index contributed by atoms with van der Waals surface area (Å²) in [6.07, 6.45) is 1.71. The van der Waals surface area contributed by atoms with Gasteiger partial charge >= 0.3 is 0 Å². The Kier molecular flexibility index (Phi) is 4.59. The lowest BCUT2D eigenvalue weighted by Gasteiger charge is -2.08. The molecule has 0 aliphatic carbocycles. The molecule has 0 bridgehead atoms. The monoisotopic (exact) mass is 360 g/mol. The number of rotatable bonds is 4. The van der Waals surface area contributed by atoms with Crippen molar-refractivity contribution in [3.05, 3.63) is 94.0 Å². The molecule has 2 heterocycles. The molecule has 4 rings (SSSR count). The molecule has 0 saturated carbocycles. The number of benzene rings is 2. The molecule has 4 aromatic rings. The summed E-state index contributed by atoms with van der Waals surface area (Å²) in [6, 6.07) is 20.8. The van der Waals surface area contributed by atoms with Crippen molar-refractivity contribution in [1.29, 1.82) is 0 Å². The van der Waals surface area contributed by atoms with Crippen LogP contribution in [-0.4, -0.2) is 4.57 Å². The van der Waals surface area contributed by atoms with Crippen LogP contribution in [0.5, 0.6) is 0 Å². The van der Waals surface area contributed by atoms with Gasteiger partial charge in [-0.25, -0.2) is 4.99 Å². The zero-order chi connectivity index (χ0) is 17.9. The summed E-state index contributed by atoms with van der Waals surface area (Å²) in [5.74, 6) is 0.919. The van der Waals surface area contributed by atoms with Crippen molar-refractivity contribution in [2.75, 3.05) is 0 Å². The normalized spacial score (nSPS) is 11.8. The van der Waals surface area contributed by atoms with Crippen LogP contribution in [0.4, 0.5) is 5.69 Å². The van der Waals surface area contributed by atoms with Crippen molar-refractivity contribution < 1.29 is 4.42 Å². The number of thiazole rings is 1. The molecule has 130 valence electrons. The molecule has 26 heavy (non-hydrogen) atoms. The van der Waals surface area contributed by atoms with E-state index in [9.17, 15) is 0 Å². The van der Waals surface area contributed by atoms with Gasteiger partial charge in [-0.3, -0.25) is 0 Å². The highest BCUT2D eigenvalue weighted by molar-refractivity contribution is 7.07. The largest absolute Gasteiger partial charge is 0.467 e. The van der Waals surface area contributed by atoms with Crippen molar-refractivity contribution >= 4 is 17.0 Å².